The molecule has 1 rings (SSSR count). The number of rotatable bonds is 7. The minimum absolute atomic E-state index is 0.135. The molecule has 1 N–H and O–H groups in total. The number of thioether (sulfide) groups is 1. The van der Waals surface area contributed by atoms with Crippen LogP contribution in [0.1, 0.15) is 46.1 Å². The third-order valence-electron chi connectivity index (χ3n) is 3.06. The summed E-state index contributed by atoms with van der Waals surface area (Å²) in [5.41, 5.74) is 0.898. The Balaban J connectivity index is 2.83. The summed E-state index contributed by atoms with van der Waals surface area (Å²) in [6.45, 7) is 10.8. The van der Waals surface area contributed by atoms with Crippen LogP contribution in [0.25, 0.3) is 0 Å². The van der Waals surface area contributed by atoms with E-state index >= 15 is 0 Å². The molecule has 22 heavy (non-hydrogen) atoms. The highest BCUT2D eigenvalue weighted by atomic mass is 32.2. The molecule has 0 radical (unpaired) electrons. The number of nitrogens with one attached hydrogen (secondary N) is 1. The molecule has 126 valence electrons. The van der Waals surface area contributed by atoms with E-state index < -0.39 is 10.0 Å². The van der Waals surface area contributed by atoms with Gasteiger partial charge >= 0.3 is 0 Å². The van der Waals surface area contributed by atoms with E-state index in [-0.39, 0.29) is 15.6 Å². The maximum Gasteiger partial charge on any atom is 0.240 e. The van der Waals surface area contributed by atoms with Gasteiger partial charge in [0.15, 0.2) is 0 Å². The van der Waals surface area contributed by atoms with Crippen molar-refractivity contribution in [1.82, 2.24) is 4.72 Å². The highest BCUT2D eigenvalue weighted by Crippen LogP contribution is 2.29. The second-order valence-corrected chi connectivity index (χ2v) is 10.1. The molecule has 0 fully saturated rings. The first-order valence-corrected chi connectivity index (χ1v) is 9.85. The van der Waals surface area contributed by atoms with E-state index in [9.17, 15) is 8.42 Å². The van der Waals surface area contributed by atoms with Gasteiger partial charge in [0, 0.05) is 17.0 Å². The first-order valence-electron chi connectivity index (χ1n) is 7.38. The van der Waals surface area contributed by atoms with E-state index in [4.69, 9.17) is 4.74 Å². The summed E-state index contributed by atoms with van der Waals surface area (Å²) < 4.78 is 32.8. The zero-order chi connectivity index (χ0) is 17.0. The number of ether oxygens (including phenoxy) is 1. The van der Waals surface area contributed by atoms with Crippen molar-refractivity contribution in [3.05, 3.63) is 23.8 Å². The summed E-state index contributed by atoms with van der Waals surface area (Å²) in [7, 11) is -1.88. The maximum atomic E-state index is 12.4. The summed E-state index contributed by atoms with van der Waals surface area (Å²) >= 11 is 1.74. The predicted octanol–water partition coefficient (Wildman–Crippen LogP) is 3.63. The third-order valence-corrected chi connectivity index (χ3v) is 5.80. The second-order valence-electron chi connectivity index (χ2n) is 6.42. The molecule has 0 saturated heterocycles. The fourth-order valence-electron chi connectivity index (χ4n) is 1.95. The zero-order valence-electron chi connectivity index (χ0n) is 14.3. The second kappa shape index (κ2) is 7.70. The topological polar surface area (TPSA) is 55.4 Å². The van der Waals surface area contributed by atoms with Gasteiger partial charge in [0.25, 0.3) is 0 Å². The Hall–Kier alpha value is -0.720. The minimum atomic E-state index is -3.48. The van der Waals surface area contributed by atoms with Crippen LogP contribution >= 0.6 is 11.8 Å². The number of hydrogen-bond acceptors (Lipinski definition) is 4. The normalized spacial score (nSPS) is 12.7. The zero-order valence-corrected chi connectivity index (χ0v) is 15.9. The first kappa shape index (κ1) is 19.3. The van der Waals surface area contributed by atoms with Gasteiger partial charge in [-0.25, -0.2) is 13.1 Å². The summed E-state index contributed by atoms with van der Waals surface area (Å²) in [6, 6.07) is 5.00. The van der Waals surface area contributed by atoms with E-state index in [2.05, 4.69) is 25.5 Å². The Labute approximate surface area is 139 Å². The van der Waals surface area contributed by atoms with Gasteiger partial charge in [-0.15, -0.1) is 0 Å². The summed E-state index contributed by atoms with van der Waals surface area (Å²) in [5.74, 6) is 1.66. The van der Waals surface area contributed by atoms with Gasteiger partial charge in [-0.3, -0.25) is 0 Å². The Kier molecular flexibility index (Phi) is 6.77. The fraction of sp³-hybridized carbons (Fsp3) is 0.625. The summed E-state index contributed by atoms with van der Waals surface area (Å²) in [5, 5.41) is 0. The quantitative estimate of drug-likeness (QED) is 0.767. The molecule has 0 aliphatic carbocycles. The van der Waals surface area contributed by atoms with E-state index in [0.29, 0.717) is 6.54 Å². The Morgan fingerprint density at radius 2 is 1.91 bits per heavy atom. The van der Waals surface area contributed by atoms with Crippen LogP contribution < -0.4 is 9.46 Å². The molecule has 1 aromatic rings. The average molecular weight is 346 g/mol. The SMILES string of the molecule is COc1ccc(S(=O)(=O)NCCSC(C)(C)C)cc1C(C)C. The molecule has 0 heterocycles. The summed E-state index contributed by atoms with van der Waals surface area (Å²) in [4.78, 5) is 0.290. The number of hydrogen-bond donors (Lipinski definition) is 1. The lowest BCUT2D eigenvalue weighted by atomic mass is 10.0. The molecular formula is C16H27NO3S2. The van der Waals surface area contributed by atoms with Crippen LogP contribution in [0.15, 0.2) is 23.1 Å². The van der Waals surface area contributed by atoms with Gasteiger partial charge < -0.3 is 4.74 Å². The van der Waals surface area contributed by atoms with E-state index in [1.165, 1.54) is 0 Å². The molecule has 1 aromatic carbocycles. The van der Waals surface area contributed by atoms with Gasteiger partial charge in [0.2, 0.25) is 10.0 Å². The molecule has 0 unspecified atom stereocenters. The van der Waals surface area contributed by atoms with Crippen molar-refractivity contribution in [3.8, 4) is 5.75 Å². The van der Waals surface area contributed by atoms with Gasteiger partial charge in [0.1, 0.15) is 5.75 Å². The van der Waals surface area contributed by atoms with Crippen molar-refractivity contribution in [2.24, 2.45) is 0 Å². The van der Waals surface area contributed by atoms with Crippen LogP contribution in [0.5, 0.6) is 5.75 Å². The highest BCUT2D eigenvalue weighted by Gasteiger charge is 2.18. The van der Waals surface area contributed by atoms with Crippen LogP contribution in [-0.4, -0.2) is 32.6 Å². The first-order chi connectivity index (χ1) is 10.1. The van der Waals surface area contributed by atoms with Crippen molar-refractivity contribution >= 4 is 21.8 Å². The molecule has 0 aromatic heterocycles. The molecule has 6 heteroatoms. The largest absolute Gasteiger partial charge is 0.496 e. The summed E-state index contributed by atoms with van der Waals surface area (Å²) in [6.07, 6.45) is 0. The Bertz CT molecular complexity index is 590. The molecule has 0 atom stereocenters. The smallest absolute Gasteiger partial charge is 0.240 e. The van der Waals surface area contributed by atoms with Crippen LogP contribution in [0.2, 0.25) is 0 Å². The van der Waals surface area contributed by atoms with Gasteiger partial charge in [0.05, 0.1) is 12.0 Å². The van der Waals surface area contributed by atoms with Crippen molar-refractivity contribution in [3.63, 3.8) is 0 Å². The van der Waals surface area contributed by atoms with Gasteiger partial charge in [-0.1, -0.05) is 34.6 Å². The molecule has 4 nitrogen and oxygen atoms in total. The van der Waals surface area contributed by atoms with E-state index in [0.717, 1.165) is 17.1 Å². The number of benzene rings is 1. The van der Waals surface area contributed by atoms with E-state index in [1.807, 2.05) is 13.8 Å². The third kappa shape index (κ3) is 5.82. The Morgan fingerprint density at radius 1 is 1.27 bits per heavy atom. The molecule has 0 amide bonds. The van der Waals surface area contributed by atoms with Crippen LogP contribution in [0, 0.1) is 0 Å². The van der Waals surface area contributed by atoms with Crippen LogP contribution in [0.3, 0.4) is 0 Å². The molecule has 0 aliphatic heterocycles. The lowest BCUT2D eigenvalue weighted by Gasteiger charge is -2.18. The van der Waals surface area contributed by atoms with Crippen molar-refractivity contribution < 1.29 is 13.2 Å². The average Bonchev–Trinajstić information content (AvgIpc) is 2.41. The fourth-order valence-corrected chi connectivity index (χ4v) is 3.96. The maximum absolute atomic E-state index is 12.4. The molecular weight excluding hydrogens is 318 g/mol. The highest BCUT2D eigenvalue weighted by molar-refractivity contribution is 8.00. The molecule has 0 aliphatic rings. The number of methoxy groups -OCH3 is 1. The molecule has 0 bridgehead atoms. The molecule has 0 spiro atoms. The van der Waals surface area contributed by atoms with Gasteiger partial charge in [-0.05, 0) is 29.7 Å². The van der Waals surface area contributed by atoms with Crippen LogP contribution in [-0.2, 0) is 10.0 Å². The van der Waals surface area contributed by atoms with E-state index in [1.54, 1.807) is 37.1 Å². The lowest BCUT2D eigenvalue weighted by molar-refractivity contribution is 0.407. The number of sulfonamides is 1. The van der Waals surface area contributed by atoms with Crippen molar-refractivity contribution in [2.75, 3.05) is 19.4 Å². The predicted molar refractivity (Wildman–Crippen MR) is 94.5 cm³/mol. The monoisotopic (exact) mass is 345 g/mol. The van der Waals surface area contributed by atoms with Crippen LogP contribution in [0.4, 0.5) is 0 Å². The van der Waals surface area contributed by atoms with Crippen molar-refractivity contribution in [2.45, 2.75) is 50.2 Å². The van der Waals surface area contributed by atoms with Crippen molar-refractivity contribution in [1.29, 1.82) is 0 Å². The minimum Gasteiger partial charge on any atom is -0.496 e. The molecule has 0 saturated carbocycles. The van der Waals surface area contributed by atoms with Gasteiger partial charge in [-0.2, -0.15) is 11.8 Å². The standard InChI is InChI=1S/C16H27NO3S2/c1-12(2)14-11-13(7-8-15(14)20-6)22(18,19)17-9-10-21-16(3,4)5/h7-8,11-12,17H,9-10H2,1-6H3. The lowest BCUT2D eigenvalue weighted by Crippen LogP contribution is -2.27. The Morgan fingerprint density at radius 3 is 2.41 bits per heavy atom.